The molecular weight excluding hydrogens is 490 g/mol. The molecule has 12 heteroatoms. The number of nitrogens with zero attached hydrogens (tertiary/aromatic N) is 1. The average molecular weight is 516 g/mol. The Labute approximate surface area is 203 Å². The first-order chi connectivity index (χ1) is 16.8. The number of primary amides is 1. The Hall–Kier alpha value is -3.44. The summed E-state index contributed by atoms with van der Waals surface area (Å²) in [6, 6.07) is 5.56. The van der Waals surface area contributed by atoms with Gasteiger partial charge in [-0.15, -0.1) is 0 Å². The number of alkyl halides is 6. The molecule has 1 aliphatic carbocycles. The lowest BCUT2D eigenvalue weighted by Crippen LogP contribution is -2.24. The average Bonchev–Trinajstić information content (AvgIpc) is 2.81. The van der Waals surface area contributed by atoms with Crippen molar-refractivity contribution in [3.8, 4) is 5.75 Å². The first-order valence-corrected chi connectivity index (χ1v) is 11.2. The van der Waals surface area contributed by atoms with Gasteiger partial charge in [-0.25, -0.2) is 4.99 Å². The zero-order valence-corrected chi connectivity index (χ0v) is 19.2. The van der Waals surface area contributed by atoms with Crippen LogP contribution in [0.1, 0.15) is 59.2 Å². The first-order valence-electron chi connectivity index (χ1n) is 11.2. The molecular formula is C24H26F6N4O2. The number of rotatable bonds is 7. The van der Waals surface area contributed by atoms with E-state index in [2.05, 4.69) is 10.3 Å². The normalized spacial score (nSPS) is 15.6. The van der Waals surface area contributed by atoms with E-state index in [1.54, 1.807) is 0 Å². The van der Waals surface area contributed by atoms with Crippen LogP contribution in [0, 0.1) is 5.92 Å². The molecule has 6 nitrogen and oxygen atoms in total. The van der Waals surface area contributed by atoms with E-state index < -0.39 is 35.9 Å². The standard InChI is InChI=1S/C24H26F6N4O2/c25-23(26,27)17-8-15(9-18(11-17)24(28,29)30)12-33-22(32)34-19-7-6-16(21(31)35)10-20(19)36-13-14-4-2-1-3-5-14/h6-11,14H,1-5,12-13H2,(H2,31,35)(H3,32,33,34). The minimum absolute atomic E-state index is 0.0467. The number of benzene rings is 2. The molecule has 0 spiro atoms. The maximum atomic E-state index is 13.1. The number of ether oxygens (including phenoxy) is 1. The third kappa shape index (κ3) is 7.53. The van der Waals surface area contributed by atoms with E-state index in [1.165, 1.54) is 24.6 Å². The molecule has 3 rings (SSSR count). The summed E-state index contributed by atoms with van der Waals surface area (Å²) in [4.78, 5) is 15.5. The summed E-state index contributed by atoms with van der Waals surface area (Å²) in [5.41, 5.74) is 8.52. The molecule has 1 amide bonds. The fourth-order valence-electron chi connectivity index (χ4n) is 3.92. The second-order valence-electron chi connectivity index (χ2n) is 8.63. The Morgan fingerprint density at radius 1 is 0.944 bits per heavy atom. The number of carbonyl (C=O) groups excluding carboxylic acids is 1. The van der Waals surface area contributed by atoms with Crippen molar-refractivity contribution >= 4 is 17.6 Å². The number of nitrogens with two attached hydrogens (primary N) is 2. The number of halogens is 6. The Morgan fingerprint density at radius 2 is 1.56 bits per heavy atom. The maximum absolute atomic E-state index is 13.1. The lowest BCUT2D eigenvalue weighted by molar-refractivity contribution is -0.143. The molecule has 36 heavy (non-hydrogen) atoms. The van der Waals surface area contributed by atoms with Crippen LogP contribution >= 0.6 is 0 Å². The van der Waals surface area contributed by atoms with E-state index in [4.69, 9.17) is 16.2 Å². The topological polar surface area (TPSA) is 103 Å². The molecule has 1 saturated carbocycles. The molecule has 5 N–H and O–H groups in total. The summed E-state index contributed by atoms with van der Waals surface area (Å²) < 4.78 is 84.4. The van der Waals surface area contributed by atoms with Gasteiger partial charge in [0, 0.05) is 5.56 Å². The molecule has 0 heterocycles. The summed E-state index contributed by atoms with van der Waals surface area (Å²) in [7, 11) is 0. The van der Waals surface area contributed by atoms with Gasteiger partial charge < -0.3 is 21.5 Å². The predicted octanol–water partition coefficient (Wildman–Crippen LogP) is 5.71. The first kappa shape index (κ1) is 27.2. The molecule has 0 saturated heterocycles. The van der Waals surface area contributed by atoms with Gasteiger partial charge in [-0.2, -0.15) is 26.3 Å². The summed E-state index contributed by atoms with van der Waals surface area (Å²) in [5.74, 6) is -0.321. The zero-order chi connectivity index (χ0) is 26.5. The smallest absolute Gasteiger partial charge is 0.416 e. The summed E-state index contributed by atoms with van der Waals surface area (Å²) in [6.45, 7) is -0.137. The van der Waals surface area contributed by atoms with Gasteiger partial charge in [0.1, 0.15) is 5.75 Å². The third-order valence-corrected chi connectivity index (χ3v) is 5.81. The van der Waals surface area contributed by atoms with Gasteiger partial charge in [0.15, 0.2) is 5.96 Å². The highest BCUT2D eigenvalue weighted by atomic mass is 19.4. The van der Waals surface area contributed by atoms with Crippen molar-refractivity contribution in [2.45, 2.75) is 51.0 Å². The van der Waals surface area contributed by atoms with E-state index in [0.29, 0.717) is 30.3 Å². The maximum Gasteiger partial charge on any atom is 0.416 e. The SMILES string of the molecule is NC(=O)c1ccc(NC(N)=NCc2cc(C(F)(F)F)cc(C(F)(F)F)c2)c(OCC2CCCCC2)c1. The molecule has 196 valence electrons. The van der Waals surface area contributed by atoms with Gasteiger partial charge in [-0.05, 0) is 60.7 Å². The van der Waals surface area contributed by atoms with Gasteiger partial charge in [-0.3, -0.25) is 4.79 Å². The third-order valence-electron chi connectivity index (χ3n) is 5.81. The van der Waals surface area contributed by atoms with Crippen LogP contribution in [0.25, 0.3) is 0 Å². The van der Waals surface area contributed by atoms with Crippen molar-refractivity contribution in [3.63, 3.8) is 0 Å². The van der Waals surface area contributed by atoms with Gasteiger partial charge in [-0.1, -0.05) is 19.3 Å². The van der Waals surface area contributed by atoms with Crippen molar-refractivity contribution in [1.29, 1.82) is 0 Å². The van der Waals surface area contributed by atoms with E-state index in [1.807, 2.05) is 0 Å². The van der Waals surface area contributed by atoms with Gasteiger partial charge in [0.05, 0.1) is 30.0 Å². The number of amides is 1. The Balaban J connectivity index is 1.79. The molecule has 0 atom stereocenters. The van der Waals surface area contributed by atoms with Crippen LogP contribution in [0.2, 0.25) is 0 Å². The Morgan fingerprint density at radius 3 is 2.11 bits per heavy atom. The van der Waals surface area contributed by atoms with Crippen LogP contribution in [0.4, 0.5) is 32.0 Å². The zero-order valence-electron chi connectivity index (χ0n) is 19.2. The molecule has 2 aromatic carbocycles. The quantitative estimate of drug-likeness (QED) is 0.249. The van der Waals surface area contributed by atoms with Crippen LogP contribution in [0.5, 0.6) is 5.75 Å². The minimum atomic E-state index is -4.96. The highest BCUT2D eigenvalue weighted by molar-refractivity contribution is 5.97. The van der Waals surface area contributed by atoms with Crippen molar-refractivity contribution in [1.82, 2.24) is 0 Å². The number of carbonyl (C=O) groups is 1. The summed E-state index contributed by atoms with van der Waals surface area (Å²) >= 11 is 0. The molecule has 1 fully saturated rings. The van der Waals surface area contributed by atoms with Gasteiger partial charge in [0.25, 0.3) is 0 Å². The van der Waals surface area contributed by atoms with Crippen LogP contribution in [-0.4, -0.2) is 18.5 Å². The van der Waals surface area contributed by atoms with Crippen LogP contribution < -0.4 is 21.5 Å². The second kappa shape index (κ2) is 11.1. The van der Waals surface area contributed by atoms with Crippen LogP contribution in [0.15, 0.2) is 41.4 Å². The number of guanidine groups is 1. The lowest BCUT2D eigenvalue weighted by atomic mass is 9.90. The predicted molar refractivity (Wildman–Crippen MR) is 122 cm³/mol. The fraction of sp³-hybridized carbons (Fsp3) is 0.417. The highest BCUT2D eigenvalue weighted by Crippen LogP contribution is 2.36. The number of nitrogens with one attached hydrogen (secondary N) is 1. The Kier molecular flexibility index (Phi) is 8.36. The second-order valence-corrected chi connectivity index (χ2v) is 8.63. The van der Waals surface area contributed by atoms with Crippen molar-refractivity contribution in [2.75, 3.05) is 11.9 Å². The number of anilines is 1. The number of hydrogen-bond donors (Lipinski definition) is 3. The molecule has 2 aromatic rings. The van der Waals surface area contributed by atoms with E-state index in [-0.39, 0.29) is 28.9 Å². The largest absolute Gasteiger partial charge is 0.491 e. The van der Waals surface area contributed by atoms with E-state index >= 15 is 0 Å². The number of aliphatic imine (C=N–C) groups is 1. The van der Waals surface area contributed by atoms with Crippen LogP contribution in [-0.2, 0) is 18.9 Å². The summed E-state index contributed by atoms with van der Waals surface area (Å²) in [5, 5.41) is 2.73. The monoisotopic (exact) mass is 516 g/mol. The lowest BCUT2D eigenvalue weighted by Gasteiger charge is -2.22. The Bertz CT molecular complexity index is 1080. The fourth-order valence-corrected chi connectivity index (χ4v) is 3.92. The molecule has 0 bridgehead atoms. The number of hydrogen-bond acceptors (Lipinski definition) is 3. The van der Waals surface area contributed by atoms with Crippen molar-refractivity contribution in [2.24, 2.45) is 22.4 Å². The van der Waals surface area contributed by atoms with Crippen LogP contribution in [0.3, 0.4) is 0 Å². The van der Waals surface area contributed by atoms with E-state index in [0.717, 1.165) is 25.7 Å². The van der Waals surface area contributed by atoms with E-state index in [9.17, 15) is 31.1 Å². The molecule has 1 aliphatic rings. The van der Waals surface area contributed by atoms with Gasteiger partial charge >= 0.3 is 12.4 Å². The molecule has 0 unspecified atom stereocenters. The van der Waals surface area contributed by atoms with Gasteiger partial charge in [0.2, 0.25) is 5.91 Å². The summed E-state index contributed by atoms with van der Waals surface area (Å²) in [6.07, 6.45) is -4.52. The van der Waals surface area contributed by atoms with Crippen molar-refractivity contribution in [3.05, 3.63) is 58.7 Å². The molecule has 0 aliphatic heterocycles. The minimum Gasteiger partial charge on any atom is -0.491 e. The molecule has 0 aromatic heterocycles. The van der Waals surface area contributed by atoms with Crippen molar-refractivity contribution < 1.29 is 35.9 Å². The highest BCUT2D eigenvalue weighted by Gasteiger charge is 2.36. The molecule has 0 radical (unpaired) electrons.